The lowest BCUT2D eigenvalue weighted by Crippen LogP contribution is -2.42. The highest BCUT2D eigenvalue weighted by atomic mass is 16.4. The lowest BCUT2D eigenvalue weighted by molar-refractivity contribution is -0.170. The molecule has 17 heavy (non-hydrogen) atoms. The average Bonchev–Trinajstić information content (AvgIpc) is 2.15. The van der Waals surface area contributed by atoms with Gasteiger partial charge in [-0.1, -0.05) is 0 Å². The van der Waals surface area contributed by atoms with Crippen LogP contribution in [0.15, 0.2) is 0 Å². The number of hydrogen-bond donors (Lipinski definition) is 4. The van der Waals surface area contributed by atoms with Gasteiger partial charge in [-0.05, 0) is 0 Å². The number of aliphatic hydroxyl groups is 1. The van der Waals surface area contributed by atoms with Crippen LogP contribution in [0, 0.1) is 0 Å². The van der Waals surface area contributed by atoms with Crippen molar-refractivity contribution in [2.45, 2.75) is 18.4 Å². The van der Waals surface area contributed by atoms with Crippen molar-refractivity contribution in [3.63, 3.8) is 0 Å². The Morgan fingerprint density at radius 3 is 1.29 bits per heavy atom. The van der Waals surface area contributed by atoms with Gasteiger partial charge in [-0.15, -0.1) is 0 Å². The quantitative estimate of drug-likeness (QED) is 0.312. The zero-order valence-corrected chi connectivity index (χ0v) is 8.40. The minimum Gasteiger partial charge on any atom is -0.481 e. The van der Waals surface area contributed by atoms with Crippen LogP contribution >= 0.6 is 0 Å². The Kier molecular flexibility index (Phi) is 7.99. The summed E-state index contributed by atoms with van der Waals surface area (Å²) >= 11 is 0. The molecule has 0 unspecified atom stereocenters. The first-order chi connectivity index (χ1) is 7.69. The Labute approximate surface area is 94.3 Å². The first-order valence-corrected chi connectivity index (χ1v) is 3.98. The Morgan fingerprint density at radius 2 is 1.18 bits per heavy atom. The molecule has 0 saturated heterocycles. The Balaban J connectivity index is 0. The maximum Gasteiger partial charge on any atom is 0.336 e. The van der Waals surface area contributed by atoms with E-state index in [0.29, 0.717) is 0 Å². The van der Waals surface area contributed by atoms with Crippen LogP contribution in [0.3, 0.4) is 0 Å². The zero-order valence-electron chi connectivity index (χ0n) is 8.40. The van der Waals surface area contributed by atoms with Gasteiger partial charge in [0.25, 0.3) is 0 Å². The third kappa shape index (κ3) is 8.69. The molecule has 9 heteroatoms. The predicted molar refractivity (Wildman–Crippen MR) is 49.2 cm³/mol. The highest BCUT2D eigenvalue weighted by molar-refractivity contribution is 6.09. The number of aliphatic carboxylic acids is 3. The van der Waals surface area contributed by atoms with Gasteiger partial charge in [0.05, 0.1) is 12.8 Å². The van der Waals surface area contributed by atoms with Gasteiger partial charge in [-0.2, -0.15) is 0 Å². The van der Waals surface area contributed by atoms with Crippen molar-refractivity contribution in [2.24, 2.45) is 0 Å². The lowest BCUT2D eigenvalue weighted by Gasteiger charge is -2.18. The predicted octanol–water partition coefficient (Wildman–Crippen LogP) is -1.86. The normalized spacial score (nSPS) is 9.47. The van der Waals surface area contributed by atoms with Crippen molar-refractivity contribution in [3.05, 3.63) is 0 Å². The van der Waals surface area contributed by atoms with E-state index in [-0.39, 0.29) is 12.6 Å². The molecule has 0 bridgehead atoms. The highest BCUT2D eigenvalue weighted by Crippen LogP contribution is 2.15. The van der Waals surface area contributed by atoms with Crippen LogP contribution in [0.25, 0.3) is 0 Å². The van der Waals surface area contributed by atoms with E-state index in [0.717, 1.165) is 0 Å². The maximum atomic E-state index is 10.3. The summed E-state index contributed by atoms with van der Waals surface area (Å²) in [6.07, 6.45) is -1.90. The minimum absolute atomic E-state index is 0.194. The summed E-state index contributed by atoms with van der Waals surface area (Å²) in [4.78, 5) is 48.1. The van der Waals surface area contributed by atoms with E-state index >= 15 is 0 Å². The third-order valence-electron chi connectivity index (χ3n) is 1.34. The standard InChI is InChI=1S/C6H8O7.C2H2O2/c7-3(8)1-6(13,5(11)12)2-4(9)10;3-1-2-4/h13H,1-2H2,(H,7,8)(H,9,10)(H,11,12);1-2H. The number of rotatable bonds is 6. The first-order valence-electron chi connectivity index (χ1n) is 3.98. The molecule has 0 aliphatic carbocycles. The molecule has 0 fully saturated rings. The summed E-state index contributed by atoms with van der Waals surface area (Å²) in [5, 5.41) is 33.8. The molecule has 4 N–H and O–H groups in total. The molecule has 96 valence electrons. The van der Waals surface area contributed by atoms with E-state index in [4.69, 9.17) is 30.0 Å². The molecule has 0 radical (unpaired) electrons. The van der Waals surface area contributed by atoms with Crippen LogP contribution in [-0.2, 0) is 24.0 Å². The van der Waals surface area contributed by atoms with Gasteiger partial charge < -0.3 is 20.4 Å². The number of carboxylic acid groups (broad SMARTS) is 3. The highest BCUT2D eigenvalue weighted by Gasteiger charge is 2.40. The Bertz CT molecular complexity index is 297. The average molecular weight is 250 g/mol. The van der Waals surface area contributed by atoms with Gasteiger partial charge in [-0.3, -0.25) is 19.2 Å². The second-order valence-corrected chi connectivity index (χ2v) is 2.75. The first kappa shape index (κ1) is 17.1. The fraction of sp³-hybridized carbons (Fsp3) is 0.375. The van der Waals surface area contributed by atoms with Crippen LogP contribution < -0.4 is 0 Å². The van der Waals surface area contributed by atoms with Crippen LogP contribution in [-0.4, -0.2) is 56.5 Å². The summed E-state index contributed by atoms with van der Waals surface area (Å²) in [6.45, 7) is 0. The molecular formula is C8H10O9. The molecule has 0 spiro atoms. The van der Waals surface area contributed by atoms with Crippen molar-refractivity contribution in [1.29, 1.82) is 0 Å². The third-order valence-corrected chi connectivity index (χ3v) is 1.34. The van der Waals surface area contributed by atoms with E-state index in [9.17, 15) is 14.4 Å². The van der Waals surface area contributed by atoms with Crippen molar-refractivity contribution in [1.82, 2.24) is 0 Å². The monoisotopic (exact) mass is 250 g/mol. The fourth-order valence-electron chi connectivity index (χ4n) is 0.714. The molecule has 0 aromatic carbocycles. The summed E-state index contributed by atoms with van der Waals surface area (Å²) in [5.74, 6) is -5.02. The molecule has 0 aliphatic rings. The van der Waals surface area contributed by atoms with Gasteiger partial charge in [0.2, 0.25) is 0 Å². The number of carbonyl (C=O) groups is 5. The molecule has 9 nitrogen and oxygen atoms in total. The molecule has 0 aliphatic heterocycles. The van der Waals surface area contributed by atoms with Crippen LogP contribution in [0.5, 0.6) is 0 Å². The SMILES string of the molecule is O=C(O)CC(O)(CC(=O)O)C(=O)O.O=CC=O. The Morgan fingerprint density at radius 1 is 0.882 bits per heavy atom. The van der Waals surface area contributed by atoms with Crippen LogP contribution in [0.2, 0.25) is 0 Å². The second-order valence-electron chi connectivity index (χ2n) is 2.75. The van der Waals surface area contributed by atoms with Gasteiger partial charge in [0, 0.05) is 0 Å². The smallest absolute Gasteiger partial charge is 0.336 e. The second kappa shape index (κ2) is 7.93. The molecule has 0 aromatic rings. The molecule has 0 rings (SSSR count). The van der Waals surface area contributed by atoms with Gasteiger partial charge in [0.15, 0.2) is 18.2 Å². The van der Waals surface area contributed by atoms with Crippen molar-refractivity contribution in [3.8, 4) is 0 Å². The van der Waals surface area contributed by atoms with E-state index in [1.165, 1.54) is 0 Å². The maximum absolute atomic E-state index is 10.3. The summed E-state index contributed by atoms with van der Waals surface area (Å²) < 4.78 is 0. The van der Waals surface area contributed by atoms with E-state index in [1.807, 2.05) is 0 Å². The van der Waals surface area contributed by atoms with Crippen molar-refractivity contribution in [2.75, 3.05) is 0 Å². The van der Waals surface area contributed by atoms with Crippen LogP contribution in [0.4, 0.5) is 0 Å². The minimum atomic E-state index is -2.74. The van der Waals surface area contributed by atoms with Crippen LogP contribution in [0.1, 0.15) is 12.8 Å². The van der Waals surface area contributed by atoms with E-state index in [2.05, 4.69) is 0 Å². The summed E-state index contributed by atoms with van der Waals surface area (Å²) in [5.41, 5.74) is -2.74. The van der Waals surface area contributed by atoms with Gasteiger partial charge in [0.1, 0.15) is 0 Å². The molecule has 0 saturated carbocycles. The van der Waals surface area contributed by atoms with Gasteiger partial charge >= 0.3 is 17.9 Å². The summed E-state index contributed by atoms with van der Waals surface area (Å²) in [7, 11) is 0. The number of aldehydes is 2. The van der Waals surface area contributed by atoms with E-state index < -0.39 is 36.4 Å². The molecule has 0 heterocycles. The van der Waals surface area contributed by atoms with Crippen molar-refractivity contribution >= 4 is 30.5 Å². The molecule has 0 amide bonds. The molecule has 0 aromatic heterocycles. The topological polar surface area (TPSA) is 166 Å². The lowest BCUT2D eigenvalue weighted by atomic mass is 9.96. The van der Waals surface area contributed by atoms with E-state index in [1.54, 1.807) is 0 Å². The summed E-state index contributed by atoms with van der Waals surface area (Å²) in [6, 6.07) is 0. The number of carbonyl (C=O) groups excluding carboxylic acids is 2. The number of hydrogen-bond acceptors (Lipinski definition) is 6. The van der Waals surface area contributed by atoms with Crippen molar-refractivity contribution < 1.29 is 44.4 Å². The number of carboxylic acids is 3. The Hall–Kier alpha value is -2.29. The fourth-order valence-corrected chi connectivity index (χ4v) is 0.714. The molecular weight excluding hydrogens is 240 g/mol. The molecule has 0 atom stereocenters. The van der Waals surface area contributed by atoms with Gasteiger partial charge in [-0.25, -0.2) is 4.79 Å². The zero-order chi connectivity index (χ0) is 14.1. The largest absolute Gasteiger partial charge is 0.481 e.